The maximum Gasteiger partial charge on any atom is 0.321 e. The lowest BCUT2D eigenvalue weighted by atomic mass is 9.97. The number of nitrogens with zero attached hydrogens (tertiary/aromatic N) is 1. The molecular formula is C22H27N3O3. The molecule has 1 aliphatic heterocycles. The molecule has 0 bridgehead atoms. The molecule has 0 unspecified atom stereocenters. The topological polar surface area (TPSA) is 70.7 Å². The number of anilines is 1. The van der Waals surface area contributed by atoms with E-state index in [1.807, 2.05) is 60.4 Å². The summed E-state index contributed by atoms with van der Waals surface area (Å²) in [5, 5.41) is 5.93. The molecule has 6 heteroatoms. The highest BCUT2D eigenvalue weighted by Gasteiger charge is 2.23. The second-order valence-corrected chi connectivity index (χ2v) is 7.14. The molecule has 1 heterocycles. The van der Waals surface area contributed by atoms with E-state index < -0.39 is 0 Å². The first kappa shape index (κ1) is 19.7. The molecule has 0 radical (unpaired) electrons. The normalized spacial score (nSPS) is 14.4. The fourth-order valence-corrected chi connectivity index (χ4v) is 3.33. The number of nitrogens with one attached hydrogen (secondary N) is 2. The lowest BCUT2D eigenvalue weighted by Crippen LogP contribution is -2.43. The van der Waals surface area contributed by atoms with Gasteiger partial charge in [0.1, 0.15) is 5.75 Å². The SMILES string of the molecule is COc1ccccc1NC(=O)N1CCC(CNC(=O)c2ccc(C)cc2)CC1. The van der Waals surface area contributed by atoms with Crippen LogP contribution in [0.25, 0.3) is 0 Å². The summed E-state index contributed by atoms with van der Waals surface area (Å²) in [5.41, 5.74) is 2.48. The Labute approximate surface area is 165 Å². The molecule has 2 N–H and O–H groups in total. The largest absolute Gasteiger partial charge is 0.495 e. The van der Waals surface area contributed by atoms with Crippen molar-refractivity contribution >= 4 is 17.6 Å². The van der Waals surface area contributed by atoms with Crippen LogP contribution in [0.1, 0.15) is 28.8 Å². The molecule has 0 saturated carbocycles. The molecule has 0 aliphatic carbocycles. The summed E-state index contributed by atoms with van der Waals surface area (Å²) in [6.07, 6.45) is 1.74. The van der Waals surface area contributed by atoms with Crippen LogP contribution < -0.4 is 15.4 Å². The summed E-state index contributed by atoms with van der Waals surface area (Å²) >= 11 is 0. The van der Waals surface area contributed by atoms with Gasteiger partial charge in [-0.3, -0.25) is 4.79 Å². The van der Waals surface area contributed by atoms with Gasteiger partial charge in [-0.15, -0.1) is 0 Å². The second kappa shape index (κ2) is 9.26. The number of hydrogen-bond donors (Lipinski definition) is 2. The monoisotopic (exact) mass is 381 g/mol. The first-order chi connectivity index (χ1) is 13.6. The summed E-state index contributed by atoms with van der Waals surface area (Å²) < 4.78 is 5.27. The summed E-state index contributed by atoms with van der Waals surface area (Å²) in [5.74, 6) is 0.977. The van der Waals surface area contributed by atoms with E-state index in [0.717, 1.165) is 18.4 Å². The Bertz CT molecular complexity index is 812. The zero-order valence-electron chi connectivity index (χ0n) is 16.4. The number of urea groups is 1. The Balaban J connectivity index is 1.44. The third kappa shape index (κ3) is 5.03. The maximum atomic E-state index is 12.5. The van der Waals surface area contributed by atoms with Crippen molar-refractivity contribution in [1.29, 1.82) is 0 Å². The summed E-state index contributed by atoms with van der Waals surface area (Å²) in [6, 6.07) is 14.8. The fraction of sp³-hybridized carbons (Fsp3) is 0.364. The van der Waals surface area contributed by atoms with Crippen LogP contribution >= 0.6 is 0 Å². The first-order valence-electron chi connectivity index (χ1n) is 9.60. The third-order valence-electron chi connectivity index (χ3n) is 5.12. The Kier molecular flexibility index (Phi) is 6.53. The Morgan fingerprint density at radius 1 is 1.07 bits per heavy atom. The number of likely N-dealkylation sites (tertiary alicyclic amines) is 1. The van der Waals surface area contributed by atoms with Crippen LogP contribution in [0.4, 0.5) is 10.5 Å². The number of piperidine rings is 1. The molecule has 3 amide bonds. The smallest absolute Gasteiger partial charge is 0.321 e. The highest BCUT2D eigenvalue weighted by Crippen LogP contribution is 2.24. The second-order valence-electron chi connectivity index (χ2n) is 7.14. The zero-order chi connectivity index (χ0) is 19.9. The van der Waals surface area contributed by atoms with Crippen LogP contribution in [0, 0.1) is 12.8 Å². The first-order valence-corrected chi connectivity index (χ1v) is 9.60. The minimum Gasteiger partial charge on any atom is -0.495 e. The van der Waals surface area contributed by atoms with E-state index in [2.05, 4.69) is 10.6 Å². The number of rotatable bonds is 5. The number of carbonyl (C=O) groups is 2. The number of carbonyl (C=O) groups excluding carboxylic acids is 2. The van der Waals surface area contributed by atoms with Gasteiger partial charge in [0.15, 0.2) is 0 Å². The van der Waals surface area contributed by atoms with E-state index >= 15 is 0 Å². The molecule has 1 aliphatic rings. The van der Waals surface area contributed by atoms with Gasteiger partial charge in [-0.05, 0) is 49.9 Å². The third-order valence-corrected chi connectivity index (χ3v) is 5.12. The summed E-state index contributed by atoms with van der Waals surface area (Å²) in [4.78, 5) is 26.6. The van der Waals surface area contributed by atoms with Crippen molar-refractivity contribution in [3.63, 3.8) is 0 Å². The van der Waals surface area contributed by atoms with Gasteiger partial charge in [0.25, 0.3) is 5.91 Å². The molecule has 2 aromatic rings. The number of aryl methyl sites for hydroxylation is 1. The molecule has 148 valence electrons. The lowest BCUT2D eigenvalue weighted by Gasteiger charge is -2.32. The van der Waals surface area contributed by atoms with Crippen molar-refractivity contribution < 1.29 is 14.3 Å². The van der Waals surface area contributed by atoms with Gasteiger partial charge >= 0.3 is 6.03 Å². The number of hydrogen-bond acceptors (Lipinski definition) is 3. The predicted molar refractivity (Wildman–Crippen MR) is 110 cm³/mol. The van der Waals surface area contributed by atoms with Gasteiger partial charge in [0.2, 0.25) is 0 Å². The number of methoxy groups -OCH3 is 1. The average Bonchev–Trinajstić information content (AvgIpc) is 2.73. The van der Waals surface area contributed by atoms with Gasteiger partial charge in [-0.1, -0.05) is 29.8 Å². The summed E-state index contributed by atoms with van der Waals surface area (Å²) in [7, 11) is 1.58. The molecule has 0 atom stereocenters. The van der Waals surface area contributed by atoms with Gasteiger partial charge < -0.3 is 20.3 Å². The van der Waals surface area contributed by atoms with Crippen molar-refractivity contribution in [2.45, 2.75) is 19.8 Å². The Morgan fingerprint density at radius 3 is 2.43 bits per heavy atom. The van der Waals surface area contributed by atoms with E-state index in [1.54, 1.807) is 7.11 Å². The van der Waals surface area contributed by atoms with Gasteiger partial charge in [0, 0.05) is 25.2 Å². The molecular weight excluding hydrogens is 354 g/mol. The summed E-state index contributed by atoms with van der Waals surface area (Å²) in [6.45, 7) is 3.98. The Hall–Kier alpha value is -3.02. The number of amides is 3. The van der Waals surface area contributed by atoms with Crippen molar-refractivity contribution in [2.75, 3.05) is 32.1 Å². The van der Waals surface area contributed by atoms with Gasteiger partial charge in [-0.25, -0.2) is 4.79 Å². The van der Waals surface area contributed by atoms with Crippen molar-refractivity contribution in [2.24, 2.45) is 5.92 Å². The minimum atomic E-state index is -0.119. The Morgan fingerprint density at radius 2 is 1.75 bits per heavy atom. The molecule has 0 aromatic heterocycles. The molecule has 6 nitrogen and oxygen atoms in total. The van der Waals surface area contributed by atoms with Gasteiger partial charge in [0.05, 0.1) is 12.8 Å². The van der Waals surface area contributed by atoms with Crippen LogP contribution in [0.2, 0.25) is 0 Å². The van der Waals surface area contributed by atoms with Crippen molar-refractivity contribution in [1.82, 2.24) is 10.2 Å². The highest BCUT2D eigenvalue weighted by atomic mass is 16.5. The molecule has 3 rings (SSSR count). The molecule has 1 fully saturated rings. The van der Waals surface area contributed by atoms with E-state index in [9.17, 15) is 9.59 Å². The molecule has 28 heavy (non-hydrogen) atoms. The average molecular weight is 381 g/mol. The van der Waals surface area contributed by atoms with Crippen LogP contribution in [-0.4, -0.2) is 43.6 Å². The molecule has 0 spiro atoms. The minimum absolute atomic E-state index is 0.0451. The lowest BCUT2D eigenvalue weighted by molar-refractivity contribution is 0.0938. The molecule has 2 aromatic carbocycles. The predicted octanol–water partition coefficient (Wildman–Crippen LogP) is 3.68. The van der Waals surface area contributed by atoms with E-state index in [-0.39, 0.29) is 11.9 Å². The fourth-order valence-electron chi connectivity index (χ4n) is 3.33. The quantitative estimate of drug-likeness (QED) is 0.830. The van der Waals surface area contributed by atoms with E-state index in [0.29, 0.717) is 42.6 Å². The van der Waals surface area contributed by atoms with Crippen molar-refractivity contribution in [3.05, 3.63) is 59.7 Å². The standard InChI is InChI=1S/C22H27N3O3/c1-16-7-9-18(10-8-16)21(26)23-15-17-11-13-25(14-12-17)22(27)24-19-5-3-4-6-20(19)28-2/h3-10,17H,11-15H2,1-2H3,(H,23,26)(H,24,27). The van der Waals surface area contributed by atoms with Crippen LogP contribution in [-0.2, 0) is 0 Å². The van der Waals surface area contributed by atoms with E-state index in [4.69, 9.17) is 4.74 Å². The van der Waals surface area contributed by atoms with Gasteiger partial charge in [-0.2, -0.15) is 0 Å². The number of ether oxygens (including phenoxy) is 1. The van der Waals surface area contributed by atoms with Crippen LogP contribution in [0.5, 0.6) is 5.75 Å². The van der Waals surface area contributed by atoms with Crippen LogP contribution in [0.15, 0.2) is 48.5 Å². The number of benzene rings is 2. The maximum absolute atomic E-state index is 12.5. The van der Waals surface area contributed by atoms with E-state index in [1.165, 1.54) is 0 Å². The number of para-hydroxylation sites is 2. The van der Waals surface area contributed by atoms with Crippen LogP contribution in [0.3, 0.4) is 0 Å². The van der Waals surface area contributed by atoms with Crippen molar-refractivity contribution in [3.8, 4) is 5.75 Å². The molecule has 1 saturated heterocycles. The zero-order valence-corrected chi connectivity index (χ0v) is 16.4. The highest BCUT2D eigenvalue weighted by molar-refractivity contribution is 5.94.